The number of phenols is 1. The Labute approximate surface area is 97.1 Å². The van der Waals surface area contributed by atoms with Crippen LogP contribution in [0.3, 0.4) is 0 Å². The largest absolute Gasteiger partial charge is 0.508 e. The Balaban J connectivity index is 2.00. The summed E-state index contributed by atoms with van der Waals surface area (Å²) in [6.07, 6.45) is 2.48. The molecule has 88 valence electrons. The molecule has 0 spiro atoms. The van der Waals surface area contributed by atoms with Gasteiger partial charge in [0.05, 0.1) is 0 Å². The molecule has 1 aliphatic heterocycles. The van der Waals surface area contributed by atoms with E-state index < -0.39 is 0 Å². The van der Waals surface area contributed by atoms with E-state index >= 15 is 0 Å². The quantitative estimate of drug-likeness (QED) is 0.750. The standard InChI is InChI=1S/C13H20N2O/c1-10-8-11(5-6-13(10)16)14-12-4-3-7-15(2)9-12/h5-6,8,12,14,16H,3-4,7,9H2,1-2H3. The SMILES string of the molecule is Cc1cc(NC2CCCN(C)C2)ccc1O. The van der Waals surface area contributed by atoms with Crippen LogP contribution in [0.4, 0.5) is 5.69 Å². The molecule has 1 fully saturated rings. The van der Waals surface area contributed by atoms with Gasteiger partial charge in [0.1, 0.15) is 5.75 Å². The zero-order valence-electron chi connectivity index (χ0n) is 10.0. The minimum atomic E-state index is 0.367. The Hall–Kier alpha value is -1.22. The molecule has 0 aromatic heterocycles. The van der Waals surface area contributed by atoms with Crippen LogP contribution in [-0.2, 0) is 0 Å². The van der Waals surface area contributed by atoms with Crippen LogP contribution in [0.15, 0.2) is 18.2 Å². The molecule has 3 nitrogen and oxygen atoms in total. The average molecular weight is 220 g/mol. The van der Waals surface area contributed by atoms with Gasteiger partial charge in [-0.1, -0.05) is 0 Å². The maximum absolute atomic E-state index is 9.46. The zero-order valence-corrected chi connectivity index (χ0v) is 10.0. The summed E-state index contributed by atoms with van der Waals surface area (Å²) in [5.41, 5.74) is 2.03. The van der Waals surface area contributed by atoms with Gasteiger partial charge in [0.25, 0.3) is 0 Å². The van der Waals surface area contributed by atoms with E-state index in [0.29, 0.717) is 11.8 Å². The average Bonchev–Trinajstić information content (AvgIpc) is 2.24. The molecule has 2 N–H and O–H groups in total. The number of aromatic hydroxyl groups is 1. The second-order valence-corrected chi connectivity index (χ2v) is 4.75. The van der Waals surface area contributed by atoms with E-state index in [1.54, 1.807) is 6.07 Å². The van der Waals surface area contributed by atoms with Crippen molar-refractivity contribution in [2.24, 2.45) is 0 Å². The van der Waals surface area contributed by atoms with Gasteiger partial charge in [0, 0.05) is 18.3 Å². The lowest BCUT2D eigenvalue weighted by molar-refractivity contribution is 0.261. The second kappa shape index (κ2) is 4.74. The number of aryl methyl sites for hydroxylation is 1. The molecule has 1 atom stereocenters. The highest BCUT2D eigenvalue weighted by Crippen LogP contribution is 2.22. The van der Waals surface area contributed by atoms with Gasteiger partial charge in [-0.2, -0.15) is 0 Å². The lowest BCUT2D eigenvalue weighted by atomic mass is 10.1. The fourth-order valence-corrected chi connectivity index (χ4v) is 2.27. The molecule has 1 aromatic rings. The molecular formula is C13H20N2O. The first-order valence-corrected chi connectivity index (χ1v) is 5.90. The van der Waals surface area contributed by atoms with Crippen LogP contribution >= 0.6 is 0 Å². The second-order valence-electron chi connectivity index (χ2n) is 4.75. The third-order valence-electron chi connectivity index (χ3n) is 3.19. The van der Waals surface area contributed by atoms with Crippen LogP contribution in [-0.4, -0.2) is 36.2 Å². The first-order chi connectivity index (χ1) is 7.65. The third-order valence-corrected chi connectivity index (χ3v) is 3.19. The molecule has 16 heavy (non-hydrogen) atoms. The maximum atomic E-state index is 9.46. The number of hydrogen-bond donors (Lipinski definition) is 2. The van der Waals surface area contributed by atoms with Crippen LogP contribution in [0.1, 0.15) is 18.4 Å². The van der Waals surface area contributed by atoms with E-state index in [0.717, 1.165) is 17.8 Å². The monoisotopic (exact) mass is 220 g/mol. The van der Waals surface area contributed by atoms with Crippen LogP contribution in [0.5, 0.6) is 5.75 Å². The van der Waals surface area contributed by atoms with Crippen LogP contribution < -0.4 is 5.32 Å². The number of phenolic OH excluding ortho intramolecular Hbond substituents is 1. The van der Waals surface area contributed by atoms with E-state index in [1.807, 2.05) is 19.1 Å². The predicted molar refractivity (Wildman–Crippen MR) is 67.0 cm³/mol. The summed E-state index contributed by atoms with van der Waals surface area (Å²) < 4.78 is 0. The van der Waals surface area contributed by atoms with Crippen molar-refractivity contribution in [2.45, 2.75) is 25.8 Å². The van der Waals surface area contributed by atoms with Crippen LogP contribution in [0.25, 0.3) is 0 Å². The van der Waals surface area contributed by atoms with Gasteiger partial charge in [-0.25, -0.2) is 0 Å². The van der Waals surface area contributed by atoms with Crippen molar-refractivity contribution in [3.63, 3.8) is 0 Å². The van der Waals surface area contributed by atoms with Gasteiger partial charge in [0.2, 0.25) is 0 Å². The molecule has 0 saturated carbocycles. The number of nitrogens with one attached hydrogen (secondary N) is 1. The molecule has 0 aliphatic carbocycles. The van der Waals surface area contributed by atoms with Crippen molar-refractivity contribution in [3.8, 4) is 5.75 Å². The number of piperidine rings is 1. The molecule has 0 radical (unpaired) electrons. The smallest absolute Gasteiger partial charge is 0.118 e. The van der Waals surface area contributed by atoms with Crippen molar-refractivity contribution >= 4 is 5.69 Å². The normalized spacial score (nSPS) is 22.0. The van der Waals surface area contributed by atoms with Gasteiger partial charge in [-0.3, -0.25) is 0 Å². The van der Waals surface area contributed by atoms with Gasteiger partial charge < -0.3 is 15.3 Å². The summed E-state index contributed by atoms with van der Waals surface area (Å²) in [5.74, 6) is 0.367. The van der Waals surface area contributed by atoms with E-state index in [-0.39, 0.29) is 0 Å². The van der Waals surface area contributed by atoms with Crippen molar-refractivity contribution < 1.29 is 5.11 Å². The minimum Gasteiger partial charge on any atom is -0.508 e. The third kappa shape index (κ3) is 2.67. The molecular weight excluding hydrogens is 200 g/mol. The van der Waals surface area contributed by atoms with Gasteiger partial charge in [0.15, 0.2) is 0 Å². The summed E-state index contributed by atoms with van der Waals surface area (Å²) in [7, 11) is 2.16. The predicted octanol–water partition coefficient (Wildman–Crippen LogP) is 2.21. The number of hydrogen-bond acceptors (Lipinski definition) is 3. The molecule has 1 aromatic carbocycles. The highest BCUT2D eigenvalue weighted by Gasteiger charge is 2.16. The van der Waals surface area contributed by atoms with E-state index in [1.165, 1.54) is 19.4 Å². The number of anilines is 1. The van der Waals surface area contributed by atoms with Crippen molar-refractivity contribution in [1.82, 2.24) is 4.90 Å². The van der Waals surface area contributed by atoms with Crippen molar-refractivity contribution in [3.05, 3.63) is 23.8 Å². The highest BCUT2D eigenvalue weighted by molar-refractivity contribution is 5.50. The maximum Gasteiger partial charge on any atom is 0.118 e. The Morgan fingerprint density at radius 2 is 2.25 bits per heavy atom. The minimum absolute atomic E-state index is 0.367. The first-order valence-electron chi connectivity index (χ1n) is 5.90. The summed E-state index contributed by atoms with van der Waals surface area (Å²) in [6.45, 7) is 4.22. The molecule has 1 saturated heterocycles. The Kier molecular flexibility index (Phi) is 3.34. The van der Waals surface area contributed by atoms with Crippen molar-refractivity contribution in [1.29, 1.82) is 0 Å². The number of likely N-dealkylation sites (N-methyl/N-ethyl adjacent to an activating group) is 1. The molecule has 3 heteroatoms. The van der Waals surface area contributed by atoms with Gasteiger partial charge in [-0.05, 0) is 57.1 Å². The Bertz CT molecular complexity index is 365. The number of nitrogens with zero attached hydrogens (tertiary/aromatic N) is 1. The van der Waals surface area contributed by atoms with E-state index in [4.69, 9.17) is 0 Å². The Morgan fingerprint density at radius 3 is 2.94 bits per heavy atom. The number of rotatable bonds is 2. The molecule has 0 bridgehead atoms. The van der Waals surface area contributed by atoms with E-state index in [9.17, 15) is 5.11 Å². The molecule has 2 rings (SSSR count). The zero-order chi connectivity index (χ0) is 11.5. The summed E-state index contributed by atoms with van der Waals surface area (Å²) in [4.78, 5) is 2.36. The van der Waals surface area contributed by atoms with Gasteiger partial charge in [-0.15, -0.1) is 0 Å². The summed E-state index contributed by atoms with van der Waals surface area (Å²) in [6, 6.07) is 6.23. The van der Waals surface area contributed by atoms with Gasteiger partial charge >= 0.3 is 0 Å². The molecule has 0 amide bonds. The van der Waals surface area contributed by atoms with E-state index in [2.05, 4.69) is 17.3 Å². The van der Waals surface area contributed by atoms with Crippen LogP contribution in [0, 0.1) is 6.92 Å². The highest BCUT2D eigenvalue weighted by atomic mass is 16.3. The fraction of sp³-hybridized carbons (Fsp3) is 0.538. The number of benzene rings is 1. The Morgan fingerprint density at radius 1 is 1.44 bits per heavy atom. The van der Waals surface area contributed by atoms with Crippen molar-refractivity contribution in [2.75, 3.05) is 25.5 Å². The summed E-state index contributed by atoms with van der Waals surface area (Å²) >= 11 is 0. The fourth-order valence-electron chi connectivity index (χ4n) is 2.27. The van der Waals surface area contributed by atoms with Crippen LogP contribution in [0.2, 0.25) is 0 Å². The lowest BCUT2D eigenvalue weighted by Crippen LogP contribution is -2.39. The molecule has 1 aliphatic rings. The molecule has 1 unspecified atom stereocenters. The lowest BCUT2D eigenvalue weighted by Gasteiger charge is -2.31. The molecule has 1 heterocycles. The first kappa shape index (κ1) is 11.3. The summed E-state index contributed by atoms with van der Waals surface area (Å²) in [5, 5.41) is 13.0. The number of likely N-dealkylation sites (tertiary alicyclic amines) is 1. The topological polar surface area (TPSA) is 35.5 Å².